The van der Waals surface area contributed by atoms with Crippen LogP contribution in [0.5, 0.6) is 0 Å². The number of hydrazine groups is 1. The molecule has 0 fully saturated rings. The smallest absolute Gasteiger partial charge is 0.0802 e. The molecule has 2 rings (SSSR count). The molecule has 17 heavy (non-hydrogen) atoms. The van der Waals surface area contributed by atoms with E-state index in [-0.39, 0.29) is 6.04 Å². The molecule has 1 aromatic heterocycles. The summed E-state index contributed by atoms with van der Waals surface area (Å²) < 4.78 is 0. The van der Waals surface area contributed by atoms with Crippen LogP contribution in [0.2, 0.25) is 0 Å². The highest BCUT2D eigenvalue weighted by molar-refractivity contribution is 7.12. The van der Waals surface area contributed by atoms with E-state index in [0.29, 0.717) is 0 Å². The summed E-state index contributed by atoms with van der Waals surface area (Å²) in [4.78, 5) is 2.63. The molecule has 3 heteroatoms. The van der Waals surface area contributed by atoms with Crippen molar-refractivity contribution in [1.82, 2.24) is 5.43 Å². The largest absolute Gasteiger partial charge is 0.271 e. The Labute approximate surface area is 106 Å². The zero-order chi connectivity index (χ0) is 12.4. The molecule has 2 aromatic rings. The van der Waals surface area contributed by atoms with E-state index in [2.05, 4.69) is 56.5 Å². The molecule has 0 aliphatic heterocycles. The van der Waals surface area contributed by atoms with Gasteiger partial charge in [-0.25, -0.2) is 5.43 Å². The van der Waals surface area contributed by atoms with Crippen molar-refractivity contribution in [1.29, 1.82) is 0 Å². The summed E-state index contributed by atoms with van der Waals surface area (Å²) >= 11 is 1.81. The molecule has 1 aromatic carbocycles. The highest BCUT2D eigenvalue weighted by Crippen LogP contribution is 2.30. The Kier molecular flexibility index (Phi) is 3.62. The molecule has 1 heterocycles. The van der Waals surface area contributed by atoms with Crippen LogP contribution in [-0.4, -0.2) is 0 Å². The van der Waals surface area contributed by atoms with Crippen LogP contribution in [-0.2, 0) is 0 Å². The Hall–Kier alpha value is -1.16. The van der Waals surface area contributed by atoms with Crippen LogP contribution in [0, 0.1) is 20.8 Å². The predicted molar refractivity (Wildman–Crippen MR) is 74.1 cm³/mol. The molecule has 90 valence electrons. The topological polar surface area (TPSA) is 38.0 Å². The molecule has 0 aliphatic carbocycles. The van der Waals surface area contributed by atoms with E-state index in [1.165, 1.54) is 26.4 Å². The van der Waals surface area contributed by atoms with Crippen LogP contribution in [0.4, 0.5) is 0 Å². The lowest BCUT2D eigenvalue weighted by atomic mass is 10.0. The van der Waals surface area contributed by atoms with Gasteiger partial charge in [-0.3, -0.25) is 5.84 Å². The second-order valence-corrected chi connectivity index (χ2v) is 5.69. The first-order chi connectivity index (χ1) is 8.11. The minimum Gasteiger partial charge on any atom is -0.271 e. The number of hydrogen-bond donors (Lipinski definition) is 2. The fraction of sp³-hybridized carbons (Fsp3) is 0.286. The third-order valence-electron chi connectivity index (χ3n) is 3.01. The van der Waals surface area contributed by atoms with E-state index in [0.717, 1.165) is 0 Å². The van der Waals surface area contributed by atoms with E-state index in [4.69, 9.17) is 5.84 Å². The van der Waals surface area contributed by atoms with E-state index in [1.54, 1.807) is 11.3 Å². The number of nitrogens with two attached hydrogens (primary N) is 1. The molecule has 1 atom stereocenters. The van der Waals surface area contributed by atoms with Crippen molar-refractivity contribution in [2.24, 2.45) is 5.84 Å². The second kappa shape index (κ2) is 5.00. The normalized spacial score (nSPS) is 12.7. The van der Waals surface area contributed by atoms with Crippen LogP contribution in [0.1, 0.15) is 32.5 Å². The molecule has 0 bridgehead atoms. The Morgan fingerprint density at radius 2 is 1.94 bits per heavy atom. The summed E-state index contributed by atoms with van der Waals surface area (Å²) in [5.74, 6) is 5.70. The summed E-state index contributed by atoms with van der Waals surface area (Å²) in [6.07, 6.45) is 0. The van der Waals surface area contributed by atoms with Crippen molar-refractivity contribution >= 4 is 11.3 Å². The molecule has 0 saturated carbocycles. The maximum absolute atomic E-state index is 5.70. The van der Waals surface area contributed by atoms with Crippen molar-refractivity contribution in [2.45, 2.75) is 26.8 Å². The van der Waals surface area contributed by atoms with Gasteiger partial charge in [0.05, 0.1) is 6.04 Å². The zero-order valence-corrected chi connectivity index (χ0v) is 11.3. The fourth-order valence-electron chi connectivity index (χ4n) is 1.94. The van der Waals surface area contributed by atoms with Gasteiger partial charge in [0.1, 0.15) is 0 Å². The fourth-order valence-corrected chi connectivity index (χ4v) is 3.07. The van der Waals surface area contributed by atoms with E-state index >= 15 is 0 Å². The Bertz CT molecular complexity index is 497. The van der Waals surface area contributed by atoms with E-state index in [1.807, 2.05) is 0 Å². The number of hydrogen-bond acceptors (Lipinski definition) is 3. The van der Waals surface area contributed by atoms with E-state index < -0.39 is 0 Å². The maximum Gasteiger partial charge on any atom is 0.0802 e. The monoisotopic (exact) mass is 246 g/mol. The van der Waals surface area contributed by atoms with Crippen LogP contribution in [0.15, 0.2) is 30.3 Å². The molecule has 0 aliphatic rings. The van der Waals surface area contributed by atoms with Crippen LogP contribution < -0.4 is 11.3 Å². The lowest BCUT2D eigenvalue weighted by Crippen LogP contribution is -2.28. The molecule has 0 spiro atoms. The van der Waals surface area contributed by atoms with Gasteiger partial charge in [-0.2, -0.15) is 0 Å². The number of rotatable bonds is 3. The van der Waals surface area contributed by atoms with Crippen molar-refractivity contribution in [3.05, 3.63) is 56.8 Å². The first-order valence-corrected chi connectivity index (χ1v) is 6.53. The third kappa shape index (κ3) is 2.57. The summed E-state index contributed by atoms with van der Waals surface area (Å²) in [5.41, 5.74) is 6.72. The first kappa shape index (κ1) is 12.3. The lowest BCUT2D eigenvalue weighted by molar-refractivity contribution is 0.646. The summed E-state index contributed by atoms with van der Waals surface area (Å²) in [7, 11) is 0. The van der Waals surface area contributed by atoms with Crippen molar-refractivity contribution in [3.63, 3.8) is 0 Å². The van der Waals surface area contributed by atoms with Gasteiger partial charge < -0.3 is 0 Å². The molecule has 3 N–H and O–H groups in total. The molecule has 0 amide bonds. The van der Waals surface area contributed by atoms with Crippen molar-refractivity contribution < 1.29 is 0 Å². The van der Waals surface area contributed by atoms with Crippen molar-refractivity contribution in [3.8, 4) is 0 Å². The average molecular weight is 246 g/mol. The quantitative estimate of drug-likeness (QED) is 0.644. The molecule has 2 nitrogen and oxygen atoms in total. The van der Waals surface area contributed by atoms with Gasteiger partial charge in [-0.15, -0.1) is 11.3 Å². The number of benzene rings is 1. The van der Waals surface area contributed by atoms with Gasteiger partial charge >= 0.3 is 0 Å². The Morgan fingerprint density at radius 3 is 2.47 bits per heavy atom. The maximum atomic E-state index is 5.70. The van der Waals surface area contributed by atoms with Gasteiger partial charge in [-0.05, 0) is 38.0 Å². The molecule has 0 saturated heterocycles. The number of nitrogens with one attached hydrogen (secondary N) is 1. The van der Waals surface area contributed by atoms with Gasteiger partial charge in [0, 0.05) is 9.75 Å². The SMILES string of the molecule is Cc1cccc(C(NN)c2cc(C)c(C)s2)c1. The Balaban J connectivity index is 2.39. The standard InChI is InChI=1S/C14H18N2S/c1-9-5-4-6-12(7-9)14(16-15)13-8-10(2)11(3)17-13/h4-8,14,16H,15H2,1-3H3. The van der Waals surface area contributed by atoms with Crippen LogP contribution >= 0.6 is 11.3 Å². The lowest BCUT2D eigenvalue weighted by Gasteiger charge is -2.15. The van der Waals surface area contributed by atoms with Gasteiger partial charge in [0.2, 0.25) is 0 Å². The van der Waals surface area contributed by atoms with E-state index in [9.17, 15) is 0 Å². The number of aryl methyl sites for hydroxylation is 3. The summed E-state index contributed by atoms with van der Waals surface area (Å²) in [6.45, 7) is 6.38. The minimum atomic E-state index is 0.0901. The van der Waals surface area contributed by atoms with Crippen LogP contribution in [0.3, 0.4) is 0 Å². The third-order valence-corrected chi connectivity index (χ3v) is 4.23. The molecular weight excluding hydrogens is 228 g/mol. The molecule has 1 unspecified atom stereocenters. The molecular formula is C14H18N2S. The van der Waals surface area contributed by atoms with Crippen molar-refractivity contribution in [2.75, 3.05) is 0 Å². The second-order valence-electron chi connectivity index (χ2n) is 4.40. The summed E-state index contributed by atoms with van der Waals surface area (Å²) in [5, 5.41) is 0. The zero-order valence-electron chi connectivity index (χ0n) is 10.4. The van der Waals surface area contributed by atoms with Gasteiger partial charge in [-0.1, -0.05) is 29.8 Å². The van der Waals surface area contributed by atoms with Gasteiger partial charge in [0.25, 0.3) is 0 Å². The van der Waals surface area contributed by atoms with Gasteiger partial charge in [0.15, 0.2) is 0 Å². The van der Waals surface area contributed by atoms with Crippen LogP contribution in [0.25, 0.3) is 0 Å². The highest BCUT2D eigenvalue weighted by atomic mass is 32.1. The first-order valence-electron chi connectivity index (χ1n) is 5.71. The predicted octanol–water partition coefficient (Wildman–Crippen LogP) is 3.23. The Morgan fingerprint density at radius 1 is 1.18 bits per heavy atom. The molecule has 0 radical (unpaired) electrons. The number of thiophene rings is 1. The minimum absolute atomic E-state index is 0.0901. The summed E-state index contributed by atoms with van der Waals surface area (Å²) in [6, 6.07) is 10.8. The average Bonchev–Trinajstić information content (AvgIpc) is 2.60. The highest BCUT2D eigenvalue weighted by Gasteiger charge is 2.15.